The fraction of sp³-hybridized carbons (Fsp3) is 0.526. The van der Waals surface area contributed by atoms with Crippen molar-refractivity contribution in [2.45, 2.75) is 31.8 Å². The van der Waals surface area contributed by atoms with Gasteiger partial charge in [0, 0.05) is 24.4 Å². The molecule has 1 aliphatic heterocycles. The van der Waals surface area contributed by atoms with Gasteiger partial charge in [0.15, 0.2) is 0 Å². The fourth-order valence-electron chi connectivity index (χ4n) is 3.80. The summed E-state index contributed by atoms with van der Waals surface area (Å²) in [6.45, 7) is 0.887. The molecule has 124 valence electrons. The smallest absolute Gasteiger partial charge is 0.226 e. The Morgan fingerprint density at radius 3 is 2.57 bits per heavy atom. The van der Waals surface area contributed by atoms with E-state index in [-0.39, 0.29) is 18.4 Å². The molecular weight excluding hydrogens is 290 g/mol. The zero-order valence-corrected chi connectivity index (χ0v) is 13.4. The third-order valence-corrected chi connectivity index (χ3v) is 5.27. The lowest BCUT2D eigenvalue weighted by atomic mass is 9.73. The summed E-state index contributed by atoms with van der Waals surface area (Å²) in [6.07, 6.45) is 6.26. The van der Waals surface area contributed by atoms with Crippen LogP contribution in [0.3, 0.4) is 0 Å². The molecule has 0 radical (unpaired) electrons. The van der Waals surface area contributed by atoms with Gasteiger partial charge in [-0.2, -0.15) is 0 Å². The Labute approximate surface area is 137 Å². The van der Waals surface area contributed by atoms with Gasteiger partial charge in [-0.05, 0) is 31.2 Å². The Balaban J connectivity index is 1.76. The molecule has 1 aliphatic carbocycles. The van der Waals surface area contributed by atoms with Crippen molar-refractivity contribution in [2.75, 3.05) is 19.7 Å². The topological polar surface area (TPSA) is 60.8 Å². The van der Waals surface area contributed by atoms with Crippen LogP contribution in [0.2, 0.25) is 0 Å². The second kappa shape index (κ2) is 6.85. The van der Waals surface area contributed by atoms with Crippen molar-refractivity contribution in [2.24, 2.45) is 11.3 Å². The van der Waals surface area contributed by atoms with Gasteiger partial charge in [-0.3, -0.25) is 4.79 Å². The highest BCUT2D eigenvalue weighted by Gasteiger charge is 2.44. The van der Waals surface area contributed by atoms with Crippen molar-refractivity contribution >= 4 is 5.91 Å². The van der Waals surface area contributed by atoms with Crippen molar-refractivity contribution in [3.8, 4) is 0 Å². The Morgan fingerprint density at radius 1 is 1.22 bits per heavy atom. The molecule has 3 rings (SSSR count). The van der Waals surface area contributed by atoms with Crippen molar-refractivity contribution in [3.63, 3.8) is 0 Å². The molecular formula is C19H25NO3. The van der Waals surface area contributed by atoms with Gasteiger partial charge in [0.1, 0.15) is 0 Å². The van der Waals surface area contributed by atoms with E-state index in [1.807, 2.05) is 35.2 Å². The molecule has 2 atom stereocenters. The van der Waals surface area contributed by atoms with Crippen LogP contribution < -0.4 is 0 Å². The van der Waals surface area contributed by atoms with Crippen LogP contribution in [0.5, 0.6) is 0 Å². The summed E-state index contributed by atoms with van der Waals surface area (Å²) in [5.74, 6) is 0.200. The van der Waals surface area contributed by atoms with Gasteiger partial charge in [0.2, 0.25) is 5.91 Å². The number of likely N-dealkylation sites (tertiary alicyclic amines) is 1. The van der Waals surface area contributed by atoms with Crippen LogP contribution >= 0.6 is 0 Å². The van der Waals surface area contributed by atoms with Crippen molar-refractivity contribution < 1.29 is 15.0 Å². The first-order valence-corrected chi connectivity index (χ1v) is 8.41. The van der Waals surface area contributed by atoms with Gasteiger partial charge in [-0.15, -0.1) is 0 Å². The molecule has 0 bridgehead atoms. The van der Waals surface area contributed by atoms with Crippen LogP contribution in [-0.4, -0.2) is 46.8 Å². The number of aliphatic hydroxyl groups is 2. The molecule has 23 heavy (non-hydrogen) atoms. The molecule has 4 heteroatoms. The van der Waals surface area contributed by atoms with Crippen LogP contribution in [0.25, 0.3) is 0 Å². The maximum Gasteiger partial charge on any atom is 0.226 e. The summed E-state index contributed by atoms with van der Waals surface area (Å²) in [5, 5.41) is 20.6. The quantitative estimate of drug-likeness (QED) is 0.833. The zero-order valence-electron chi connectivity index (χ0n) is 13.4. The van der Waals surface area contributed by atoms with E-state index in [0.29, 0.717) is 25.9 Å². The first-order chi connectivity index (χ1) is 11.1. The molecule has 1 aromatic carbocycles. The van der Waals surface area contributed by atoms with Gasteiger partial charge >= 0.3 is 0 Å². The summed E-state index contributed by atoms with van der Waals surface area (Å²) < 4.78 is 0. The predicted molar refractivity (Wildman–Crippen MR) is 88.7 cm³/mol. The highest BCUT2D eigenvalue weighted by molar-refractivity contribution is 5.79. The molecule has 0 spiro atoms. The van der Waals surface area contributed by atoms with E-state index in [4.69, 9.17) is 0 Å². The number of carbonyl (C=O) groups is 1. The predicted octanol–water partition coefficient (Wildman–Crippen LogP) is 1.77. The average molecular weight is 315 g/mol. The Hall–Kier alpha value is -1.65. The number of rotatable bonds is 4. The Morgan fingerprint density at radius 2 is 1.91 bits per heavy atom. The lowest BCUT2D eigenvalue weighted by Gasteiger charge is -2.46. The Kier molecular flexibility index (Phi) is 4.83. The van der Waals surface area contributed by atoms with Crippen LogP contribution in [0.1, 0.15) is 24.8 Å². The molecule has 1 fully saturated rings. The van der Waals surface area contributed by atoms with Crippen molar-refractivity contribution in [1.29, 1.82) is 0 Å². The average Bonchev–Trinajstić information content (AvgIpc) is 3.12. The van der Waals surface area contributed by atoms with Crippen LogP contribution in [0.15, 0.2) is 42.5 Å². The number of hydrogen-bond donors (Lipinski definition) is 2. The number of allylic oxidation sites excluding steroid dienone is 2. The molecule has 1 aromatic rings. The molecule has 0 saturated carbocycles. The van der Waals surface area contributed by atoms with E-state index < -0.39 is 11.5 Å². The van der Waals surface area contributed by atoms with Gasteiger partial charge in [-0.1, -0.05) is 42.5 Å². The van der Waals surface area contributed by atoms with Crippen molar-refractivity contribution in [3.05, 3.63) is 48.0 Å². The lowest BCUT2D eigenvalue weighted by Crippen LogP contribution is -2.57. The Bertz CT molecular complexity index is 563. The first-order valence-electron chi connectivity index (χ1n) is 8.41. The number of nitrogens with zero attached hydrogens (tertiary/aromatic N) is 1. The number of carbonyl (C=O) groups excluding carboxylic acids is 1. The van der Waals surface area contributed by atoms with E-state index in [1.165, 1.54) is 0 Å². The van der Waals surface area contributed by atoms with E-state index in [2.05, 4.69) is 12.2 Å². The second-order valence-corrected chi connectivity index (χ2v) is 6.89. The number of aliphatic hydroxyl groups excluding tert-OH is 2. The molecule has 4 nitrogen and oxygen atoms in total. The van der Waals surface area contributed by atoms with E-state index in [0.717, 1.165) is 18.4 Å². The van der Waals surface area contributed by atoms with Crippen LogP contribution in [-0.2, 0) is 11.2 Å². The monoisotopic (exact) mass is 315 g/mol. The largest absolute Gasteiger partial charge is 0.396 e. The highest BCUT2D eigenvalue weighted by atomic mass is 16.3. The lowest BCUT2D eigenvalue weighted by molar-refractivity contribution is -0.145. The van der Waals surface area contributed by atoms with Gasteiger partial charge in [0.05, 0.1) is 12.7 Å². The van der Waals surface area contributed by atoms with E-state index in [1.54, 1.807) is 0 Å². The third-order valence-electron chi connectivity index (χ3n) is 5.27. The molecule has 1 amide bonds. The first kappa shape index (κ1) is 16.2. The molecule has 0 unspecified atom stereocenters. The molecule has 2 aliphatic rings. The normalized spacial score (nSPS) is 28.3. The minimum Gasteiger partial charge on any atom is -0.396 e. The number of hydrogen-bond acceptors (Lipinski definition) is 3. The van der Waals surface area contributed by atoms with Gasteiger partial charge < -0.3 is 15.1 Å². The summed E-state index contributed by atoms with van der Waals surface area (Å²) in [4.78, 5) is 14.5. The van der Waals surface area contributed by atoms with Gasteiger partial charge in [-0.25, -0.2) is 0 Å². The molecule has 0 aromatic heterocycles. The molecule has 1 heterocycles. The van der Waals surface area contributed by atoms with E-state index >= 15 is 0 Å². The second-order valence-electron chi connectivity index (χ2n) is 6.89. The highest BCUT2D eigenvalue weighted by Crippen LogP contribution is 2.35. The van der Waals surface area contributed by atoms with E-state index in [9.17, 15) is 15.0 Å². The third kappa shape index (κ3) is 3.33. The number of amides is 1. The number of piperidine rings is 1. The number of benzene rings is 1. The molecule has 2 N–H and O–H groups in total. The fourth-order valence-corrected chi connectivity index (χ4v) is 3.80. The summed E-state index contributed by atoms with van der Waals surface area (Å²) in [5.41, 5.74) is 0.416. The maximum absolute atomic E-state index is 12.7. The van der Waals surface area contributed by atoms with Crippen LogP contribution in [0.4, 0.5) is 0 Å². The zero-order chi connectivity index (χ0) is 16.3. The molecule has 1 saturated heterocycles. The SMILES string of the molecule is O=C(C1CC=CC1)N1CC[C@H](O)[C@](CO)(Cc2ccccc2)C1. The van der Waals surface area contributed by atoms with Crippen LogP contribution in [0, 0.1) is 11.3 Å². The minimum atomic E-state index is -0.665. The maximum atomic E-state index is 12.7. The summed E-state index contributed by atoms with van der Waals surface area (Å²) in [7, 11) is 0. The minimum absolute atomic E-state index is 0.0401. The summed E-state index contributed by atoms with van der Waals surface area (Å²) >= 11 is 0. The van der Waals surface area contributed by atoms with Gasteiger partial charge in [0.25, 0.3) is 0 Å². The summed E-state index contributed by atoms with van der Waals surface area (Å²) in [6, 6.07) is 9.89. The standard InChI is InChI=1S/C19H25NO3/c21-14-19(12-15-6-2-1-3-7-15)13-20(11-10-17(19)22)18(23)16-8-4-5-9-16/h1-7,16-17,21-22H,8-14H2/t17-,19+/m0/s1. The van der Waals surface area contributed by atoms with Crippen molar-refractivity contribution in [1.82, 2.24) is 4.90 Å².